The summed E-state index contributed by atoms with van der Waals surface area (Å²) in [5, 5.41) is 12.6. The number of anilines is 1. The highest BCUT2D eigenvalue weighted by Crippen LogP contribution is 2.23. The number of rotatable bonds is 10. The molecule has 0 spiro atoms. The molecule has 1 heterocycles. The fraction of sp³-hybridized carbons (Fsp3) is 0.556. The topological polar surface area (TPSA) is 84.9 Å². The molecule has 0 amide bonds. The van der Waals surface area contributed by atoms with Crippen molar-refractivity contribution in [2.45, 2.75) is 45.6 Å². The quantitative estimate of drug-likeness (QED) is 0.376. The van der Waals surface area contributed by atoms with Crippen LogP contribution in [0.25, 0.3) is 0 Å². The molecule has 0 aliphatic carbocycles. The monoisotopic (exact) mass is 367 g/mol. The van der Waals surface area contributed by atoms with Crippen LogP contribution in [0.4, 0.5) is 5.00 Å². The van der Waals surface area contributed by atoms with E-state index in [1.165, 1.54) is 11.3 Å². The summed E-state index contributed by atoms with van der Waals surface area (Å²) in [6.45, 7) is 4.22. The largest absolute Gasteiger partial charge is 0.466 e. The van der Waals surface area contributed by atoms with Gasteiger partial charge in [-0.2, -0.15) is 0 Å². The standard InChI is InChI=1S/C18H25NO5S/c1-3-23-17(21)12-10-15(18(22)24-4-2)19-16-11-9-14(25-16)8-6-5-7-13-20/h9,11,15,19-20H,3-5,7,10,12-13H2,1-2H3/t15-/m0/s1. The third kappa shape index (κ3) is 8.57. The van der Waals surface area contributed by atoms with Crippen LogP contribution in [0, 0.1) is 11.8 Å². The summed E-state index contributed by atoms with van der Waals surface area (Å²) in [5.74, 6) is 5.28. The Bertz CT molecular complexity index is 602. The van der Waals surface area contributed by atoms with Crippen LogP contribution >= 0.6 is 11.3 Å². The maximum atomic E-state index is 12.1. The number of ether oxygens (including phenoxy) is 2. The van der Waals surface area contributed by atoms with Gasteiger partial charge in [0, 0.05) is 19.4 Å². The molecule has 0 unspecified atom stereocenters. The fourth-order valence-electron chi connectivity index (χ4n) is 1.96. The number of hydrogen-bond donors (Lipinski definition) is 2. The number of carbonyl (C=O) groups excluding carboxylic acids is 2. The van der Waals surface area contributed by atoms with Crippen molar-refractivity contribution in [2.75, 3.05) is 25.1 Å². The minimum Gasteiger partial charge on any atom is -0.466 e. The van der Waals surface area contributed by atoms with Crippen molar-refractivity contribution >= 4 is 28.3 Å². The molecule has 0 saturated heterocycles. The number of aliphatic hydroxyl groups is 1. The molecule has 7 heteroatoms. The molecule has 138 valence electrons. The molecule has 0 fully saturated rings. The lowest BCUT2D eigenvalue weighted by atomic mass is 10.1. The predicted molar refractivity (Wildman–Crippen MR) is 97.4 cm³/mol. The highest BCUT2D eigenvalue weighted by atomic mass is 32.1. The van der Waals surface area contributed by atoms with E-state index < -0.39 is 12.0 Å². The highest BCUT2D eigenvalue weighted by Gasteiger charge is 2.21. The normalized spacial score (nSPS) is 11.2. The van der Waals surface area contributed by atoms with E-state index in [1.54, 1.807) is 13.8 Å². The molecular formula is C18H25NO5S. The molecule has 6 nitrogen and oxygen atoms in total. The first kappa shape index (κ1) is 21.0. The molecule has 1 aromatic heterocycles. The van der Waals surface area contributed by atoms with Gasteiger partial charge in [0.25, 0.3) is 0 Å². The fourth-order valence-corrected chi connectivity index (χ4v) is 2.79. The van der Waals surface area contributed by atoms with E-state index in [0.717, 1.165) is 9.88 Å². The third-order valence-corrected chi connectivity index (χ3v) is 4.04. The summed E-state index contributed by atoms with van der Waals surface area (Å²) in [5.41, 5.74) is 0. The Balaban J connectivity index is 2.66. The van der Waals surface area contributed by atoms with Gasteiger partial charge in [0.05, 0.1) is 23.1 Å². The lowest BCUT2D eigenvalue weighted by Crippen LogP contribution is -2.32. The van der Waals surface area contributed by atoms with Gasteiger partial charge in [-0.3, -0.25) is 4.79 Å². The van der Waals surface area contributed by atoms with E-state index in [1.807, 2.05) is 12.1 Å². The molecule has 1 aromatic rings. The SMILES string of the molecule is CCOC(=O)CC[C@H](Nc1ccc(C#CCCCO)s1)C(=O)OCC. The van der Waals surface area contributed by atoms with E-state index in [4.69, 9.17) is 14.6 Å². The van der Waals surface area contributed by atoms with E-state index in [2.05, 4.69) is 17.2 Å². The Morgan fingerprint density at radius 2 is 2.04 bits per heavy atom. The van der Waals surface area contributed by atoms with Crippen molar-refractivity contribution in [2.24, 2.45) is 0 Å². The minimum atomic E-state index is -0.613. The van der Waals surface area contributed by atoms with Gasteiger partial charge in [-0.1, -0.05) is 11.8 Å². The Kier molecular flexibility index (Phi) is 10.4. The molecular weight excluding hydrogens is 342 g/mol. The molecule has 2 N–H and O–H groups in total. The first-order valence-corrected chi connectivity index (χ1v) is 9.20. The zero-order valence-electron chi connectivity index (χ0n) is 14.7. The third-order valence-electron chi connectivity index (χ3n) is 3.11. The van der Waals surface area contributed by atoms with Crippen molar-refractivity contribution in [3.8, 4) is 11.8 Å². The highest BCUT2D eigenvalue weighted by molar-refractivity contribution is 7.16. The summed E-state index contributed by atoms with van der Waals surface area (Å²) >= 11 is 1.43. The number of thiophene rings is 1. The first-order chi connectivity index (χ1) is 12.1. The van der Waals surface area contributed by atoms with E-state index >= 15 is 0 Å². The van der Waals surface area contributed by atoms with Crippen LogP contribution in [0.1, 0.15) is 44.4 Å². The van der Waals surface area contributed by atoms with Crippen LogP contribution in [0.3, 0.4) is 0 Å². The zero-order valence-corrected chi connectivity index (χ0v) is 15.5. The number of carbonyl (C=O) groups is 2. The van der Waals surface area contributed by atoms with Crippen molar-refractivity contribution in [3.05, 3.63) is 17.0 Å². The van der Waals surface area contributed by atoms with Gasteiger partial charge in [-0.05, 0) is 38.8 Å². The second-order valence-corrected chi connectivity index (χ2v) is 6.17. The van der Waals surface area contributed by atoms with E-state index in [-0.39, 0.29) is 25.6 Å². The van der Waals surface area contributed by atoms with Gasteiger partial charge in [0.2, 0.25) is 0 Å². The Morgan fingerprint density at radius 1 is 1.28 bits per heavy atom. The molecule has 0 aliphatic heterocycles. The summed E-state index contributed by atoms with van der Waals surface area (Å²) in [4.78, 5) is 24.5. The predicted octanol–water partition coefficient (Wildman–Crippen LogP) is 2.56. The Hall–Kier alpha value is -2.04. The van der Waals surface area contributed by atoms with Crippen LogP contribution in [-0.4, -0.2) is 42.9 Å². The summed E-state index contributed by atoms with van der Waals surface area (Å²) in [7, 11) is 0. The van der Waals surface area contributed by atoms with Gasteiger partial charge in [0.15, 0.2) is 0 Å². The lowest BCUT2D eigenvalue weighted by Gasteiger charge is -2.16. The van der Waals surface area contributed by atoms with Crippen molar-refractivity contribution in [3.63, 3.8) is 0 Å². The maximum Gasteiger partial charge on any atom is 0.328 e. The number of aliphatic hydroxyl groups excluding tert-OH is 1. The molecule has 0 radical (unpaired) electrons. The van der Waals surface area contributed by atoms with Gasteiger partial charge in [-0.25, -0.2) is 4.79 Å². The number of nitrogens with one attached hydrogen (secondary N) is 1. The van der Waals surface area contributed by atoms with Gasteiger partial charge >= 0.3 is 11.9 Å². The van der Waals surface area contributed by atoms with E-state index in [9.17, 15) is 9.59 Å². The van der Waals surface area contributed by atoms with Gasteiger partial charge < -0.3 is 19.9 Å². The van der Waals surface area contributed by atoms with Crippen molar-refractivity contribution in [1.82, 2.24) is 0 Å². The molecule has 0 bridgehead atoms. The van der Waals surface area contributed by atoms with Crippen LogP contribution < -0.4 is 5.32 Å². The van der Waals surface area contributed by atoms with E-state index in [0.29, 0.717) is 25.9 Å². The average Bonchev–Trinajstić information content (AvgIpc) is 3.03. The van der Waals surface area contributed by atoms with Crippen LogP contribution in [0.5, 0.6) is 0 Å². The summed E-state index contributed by atoms with van der Waals surface area (Å²) < 4.78 is 9.96. The summed E-state index contributed by atoms with van der Waals surface area (Å²) in [6, 6.07) is 3.10. The second-order valence-electron chi connectivity index (χ2n) is 5.09. The molecule has 0 aromatic carbocycles. The smallest absolute Gasteiger partial charge is 0.328 e. The molecule has 1 rings (SSSR count). The summed E-state index contributed by atoms with van der Waals surface area (Å²) in [6.07, 6.45) is 1.74. The average molecular weight is 367 g/mol. The first-order valence-electron chi connectivity index (χ1n) is 8.39. The van der Waals surface area contributed by atoms with Crippen molar-refractivity contribution < 1.29 is 24.2 Å². The van der Waals surface area contributed by atoms with Crippen LogP contribution in [0.15, 0.2) is 12.1 Å². The van der Waals surface area contributed by atoms with Crippen LogP contribution in [0.2, 0.25) is 0 Å². The second kappa shape index (κ2) is 12.3. The number of esters is 2. The minimum absolute atomic E-state index is 0.133. The molecule has 25 heavy (non-hydrogen) atoms. The van der Waals surface area contributed by atoms with Crippen molar-refractivity contribution in [1.29, 1.82) is 0 Å². The molecule has 0 aliphatic rings. The molecule has 0 saturated carbocycles. The Morgan fingerprint density at radius 3 is 2.72 bits per heavy atom. The van der Waals surface area contributed by atoms with Gasteiger partial charge in [0.1, 0.15) is 6.04 Å². The number of unbranched alkanes of at least 4 members (excludes halogenated alkanes) is 1. The zero-order chi connectivity index (χ0) is 18.5. The molecule has 1 atom stereocenters. The Labute approximate surface area is 152 Å². The lowest BCUT2D eigenvalue weighted by molar-refractivity contribution is -0.145. The van der Waals surface area contributed by atoms with Crippen LogP contribution in [-0.2, 0) is 19.1 Å². The van der Waals surface area contributed by atoms with Gasteiger partial charge in [-0.15, -0.1) is 11.3 Å². The maximum absolute atomic E-state index is 12.1. The number of hydrogen-bond acceptors (Lipinski definition) is 7.